The number of carbonyl (C=O) groups is 1. The van der Waals surface area contributed by atoms with Gasteiger partial charge in [-0.3, -0.25) is 4.79 Å². The molecule has 0 radical (unpaired) electrons. The third-order valence-corrected chi connectivity index (χ3v) is 5.66. The van der Waals surface area contributed by atoms with Gasteiger partial charge < -0.3 is 20.7 Å². The maximum atomic E-state index is 12.1. The lowest BCUT2D eigenvalue weighted by Gasteiger charge is -2.40. The molecule has 6 heteroatoms. The summed E-state index contributed by atoms with van der Waals surface area (Å²) in [5.74, 6) is 2.36. The number of hydrogen-bond acceptors (Lipinski definition) is 5. The highest BCUT2D eigenvalue weighted by atomic mass is 16.5. The van der Waals surface area contributed by atoms with Crippen LogP contribution in [0.2, 0.25) is 0 Å². The number of fused-ring (bicyclic) bond motifs is 1. The van der Waals surface area contributed by atoms with Crippen molar-refractivity contribution in [2.45, 2.75) is 31.8 Å². The Hall–Kier alpha value is -2.76. The maximum Gasteiger partial charge on any atom is 0.251 e. The molecule has 3 unspecified atom stereocenters. The first-order valence-corrected chi connectivity index (χ1v) is 9.51. The van der Waals surface area contributed by atoms with E-state index in [9.17, 15) is 4.79 Å². The molecule has 27 heavy (non-hydrogen) atoms. The minimum absolute atomic E-state index is 0.0658. The first kappa shape index (κ1) is 17.6. The number of nitrogens with one attached hydrogen (secondary N) is 3. The van der Waals surface area contributed by atoms with E-state index in [1.165, 1.54) is 12.8 Å². The summed E-state index contributed by atoms with van der Waals surface area (Å²) in [4.78, 5) is 16.6. The van der Waals surface area contributed by atoms with Gasteiger partial charge in [0.05, 0.1) is 13.2 Å². The molecular weight excluding hydrogens is 340 g/mol. The van der Waals surface area contributed by atoms with E-state index in [1.54, 1.807) is 14.2 Å². The number of amides is 1. The van der Waals surface area contributed by atoms with Crippen LogP contribution in [0, 0.1) is 11.8 Å². The fourth-order valence-corrected chi connectivity index (χ4v) is 4.02. The molecule has 1 fully saturated rings. The Morgan fingerprint density at radius 1 is 1.26 bits per heavy atom. The van der Waals surface area contributed by atoms with Crippen molar-refractivity contribution >= 4 is 17.4 Å². The van der Waals surface area contributed by atoms with Gasteiger partial charge in [-0.25, -0.2) is 0 Å². The molecule has 1 aromatic carbocycles. The van der Waals surface area contributed by atoms with Crippen LogP contribution in [0.4, 0.5) is 11.5 Å². The van der Waals surface area contributed by atoms with Gasteiger partial charge in [0.2, 0.25) is 5.88 Å². The van der Waals surface area contributed by atoms with E-state index < -0.39 is 0 Å². The molecule has 3 N–H and O–H groups in total. The second kappa shape index (κ2) is 7.10. The van der Waals surface area contributed by atoms with Gasteiger partial charge in [-0.15, -0.1) is 0 Å². The highest BCUT2D eigenvalue weighted by Crippen LogP contribution is 2.46. The highest BCUT2D eigenvalue weighted by Gasteiger charge is 2.42. The van der Waals surface area contributed by atoms with E-state index in [1.807, 2.05) is 36.4 Å². The van der Waals surface area contributed by atoms with Gasteiger partial charge in [0.15, 0.2) is 0 Å². The second-order valence-electron chi connectivity index (χ2n) is 7.44. The smallest absolute Gasteiger partial charge is 0.251 e. The number of nitrogens with zero attached hydrogens (tertiary/aromatic N) is 1. The Morgan fingerprint density at radius 2 is 2.07 bits per heavy atom. The van der Waals surface area contributed by atoms with Crippen molar-refractivity contribution in [2.75, 3.05) is 24.8 Å². The molecule has 1 saturated carbocycles. The summed E-state index contributed by atoms with van der Waals surface area (Å²) < 4.78 is 5.26. The van der Waals surface area contributed by atoms with E-state index >= 15 is 0 Å². The van der Waals surface area contributed by atoms with Crippen LogP contribution in [-0.2, 0) is 0 Å². The van der Waals surface area contributed by atoms with Gasteiger partial charge in [-0.2, -0.15) is 4.98 Å². The average Bonchev–Trinajstić information content (AvgIpc) is 3.54. The van der Waals surface area contributed by atoms with Gasteiger partial charge in [0.1, 0.15) is 5.82 Å². The number of benzene rings is 1. The minimum atomic E-state index is -0.0759. The summed E-state index contributed by atoms with van der Waals surface area (Å²) in [6, 6.07) is 12.1. The summed E-state index contributed by atoms with van der Waals surface area (Å²) in [5.41, 5.74) is 2.86. The van der Waals surface area contributed by atoms with Crippen LogP contribution in [0.25, 0.3) is 0 Å². The molecule has 0 saturated heterocycles. The molecule has 1 aromatic heterocycles. The third-order valence-electron chi connectivity index (χ3n) is 5.66. The Balaban J connectivity index is 1.71. The summed E-state index contributed by atoms with van der Waals surface area (Å²) in [6.07, 6.45) is 2.55. The first-order valence-electron chi connectivity index (χ1n) is 9.51. The highest BCUT2D eigenvalue weighted by molar-refractivity contribution is 5.94. The van der Waals surface area contributed by atoms with Gasteiger partial charge in [-0.05, 0) is 48.6 Å². The Labute approximate surface area is 159 Å². The average molecular weight is 366 g/mol. The van der Waals surface area contributed by atoms with E-state index in [4.69, 9.17) is 4.74 Å². The van der Waals surface area contributed by atoms with Crippen molar-refractivity contribution in [2.24, 2.45) is 11.8 Å². The molecule has 142 valence electrons. The molecule has 0 bridgehead atoms. The van der Waals surface area contributed by atoms with E-state index in [0.717, 1.165) is 17.1 Å². The largest absolute Gasteiger partial charge is 0.481 e. The summed E-state index contributed by atoms with van der Waals surface area (Å²) in [5, 5.41) is 10.0. The zero-order chi connectivity index (χ0) is 19.0. The van der Waals surface area contributed by atoms with Crippen LogP contribution in [0.5, 0.6) is 5.88 Å². The van der Waals surface area contributed by atoms with Crippen LogP contribution >= 0.6 is 0 Å². The fourth-order valence-electron chi connectivity index (χ4n) is 4.02. The van der Waals surface area contributed by atoms with Crippen molar-refractivity contribution in [3.63, 3.8) is 0 Å². The molecular formula is C21H26N4O2. The van der Waals surface area contributed by atoms with Gasteiger partial charge in [-0.1, -0.05) is 13.0 Å². The number of carbonyl (C=O) groups excluding carboxylic acids is 1. The predicted octanol–water partition coefficient (Wildman–Crippen LogP) is 3.44. The van der Waals surface area contributed by atoms with E-state index in [-0.39, 0.29) is 11.9 Å². The molecule has 0 spiro atoms. The quantitative estimate of drug-likeness (QED) is 0.756. The normalized spacial score (nSPS) is 23.7. The van der Waals surface area contributed by atoms with Gasteiger partial charge in [0, 0.05) is 36.3 Å². The number of hydrogen-bond donors (Lipinski definition) is 3. The number of aromatic nitrogens is 1. The zero-order valence-corrected chi connectivity index (χ0v) is 16.0. The van der Waals surface area contributed by atoms with Crippen LogP contribution in [-0.4, -0.2) is 31.1 Å². The molecule has 2 heterocycles. The van der Waals surface area contributed by atoms with E-state index in [2.05, 4.69) is 27.9 Å². The molecule has 2 aromatic rings. The SMILES string of the molecule is CNC(=O)c1ccc2c(c1)C(Nc1cccc(OC)n1)C(C)C(C1CC1)N2. The standard InChI is InChI=1S/C21H26N4O2/c1-12-19(13-7-8-13)23-16-10-9-14(21(26)22-2)11-15(16)20(12)25-17-5-4-6-18(24-17)27-3/h4-6,9-13,19-20,23H,7-8H2,1-3H3,(H,22,26)(H,24,25). The summed E-state index contributed by atoms with van der Waals surface area (Å²) in [7, 11) is 3.27. The molecule has 1 amide bonds. The number of ether oxygens (including phenoxy) is 1. The zero-order valence-electron chi connectivity index (χ0n) is 16.0. The van der Waals surface area contributed by atoms with Crippen molar-refractivity contribution < 1.29 is 9.53 Å². The Kier molecular flexibility index (Phi) is 4.64. The fraction of sp³-hybridized carbons (Fsp3) is 0.429. The van der Waals surface area contributed by atoms with Crippen molar-refractivity contribution in [1.82, 2.24) is 10.3 Å². The van der Waals surface area contributed by atoms with Crippen LogP contribution < -0.4 is 20.7 Å². The number of methoxy groups -OCH3 is 1. The van der Waals surface area contributed by atoms with E-state index in [0.29, 0.717) is 29.3 Å². The predicted molar refractivity (Wildman–Crippen MR) is 106 cm³/mol. The molecule has 3 atom stereocenters. The lowest BCUT2D eigenvalue weighted by Crippen LogP contribution is -2.41. The second-order valence-corrected chi connectivity index (χ2v) is 7.44. The topological polar surface area (TPSA) is 75.3 Å². The number of rotatable bonds is 5. The van der Waals surface area contributed by atoms with Crippen LogP contribution in [0.15, 0.2) is 36.4 Å². The number of pyridine rings is 1. The summed E-state index contributed by atoms with van der Waals surface area (Å²) >= 11 is 0. The van der Waals surface area contributed by atoms with Crippen molar-refractivity contribution in [3.8, 4) is 5.88 Å². The van der Waals surface area contributed by atoms with Crippen molar-refractivity contribution in [1.29, 1.82) is 0 Å². The molecule has 4 rings (SSSR count). The molecule has 6 nitrogen and oxygen atoms in total. The maximum absolute atomic E-state index is 12.1. The molecule has 2 aliphatic rings. The summed E-state index contributed by atoms with van der Waals surface area (Å²) in [6.45, 7) is 2.27. The lowest BCUT2D eigenvalue weighted by atomic mass is 9.81. The Morgan fingerprint density at radius 3 is 2.78 bits per heavy atom. The van der Waals surface area contributed by atoms with Crippen molar-refractivity contribution in [3.05, 3.63) is 47.5 Å². The Bertz CT molecular complexity index is 850. The molecule has 1 aliphatic heterocycles. The third kappa shape index (κ3) is 3.44. The van der Waals surface area contributed by atoms with Gasteiger partial charge >= 0.3 is 0 Å². The van der Waals surface area contributed by atoms with Crippen LogP contribution in [0.1, 0.15) is 41.7 Å². The first-order chi connectivity index (χ1) is 13.1. The number of anilines is 2. The van der Waals surface area contributed by atoms with Crippen LogP contribution in [0.3, 0.4) is 0 Å². The minimum Gasteiger partial charge on any atom is -0.481 e. The lowest BCUT2D eigenvalue weighted by molar-refractivity contribution is 0.0963. The monoisotopic (exact) mass is 366 g/mol. The molecule has 1 aliphatic carbocycles. The van der Waals surface area contributed by atoms with Gasteiger partial charge in [0.25, 0.3) is 5.91 Å².